The minimum absolute atomic E-state index is 0.0242. The van der Waals surface area contributed by atoms with Crippen LogP contribution in [0.1, 0.15) is 30.5 Å². The van der Waals surface area contributed by atoms with Gasteiger partial charge in [0.2, 0.25) is 5.91 Å². The van der Waals surface area contributed by atoms with Crippen LogP contribution in [0.3, 0.4) is 0 Å². The highest BCUT2D eigenvalue weighted by atomic mass is 32.2. The standard InChI is InChI=1S/C19H18N4O3S/c1-19(2)14-9-12(7-8-15(14)22-18(19)24)10-20-21-11-16-13-5-3-4-6-17(13)27(25,26)23-16/h3-10,21H,11H2,1-2H3,(H,22,24)/b20-10+. The largest absolute Gasteiger partial charge is 0.325 e. The van der Waals surface area contributed by atoms with E-state index in [4.69, 9.17) is 0 Å². The first kappa shape index (κ1) is 17.4. The molecule has 7 nitrogen and oxygen atoms in total. The van der Waals surface area contributed by atoms with Crippen molar-refractivity contribution >= 4 is 33.5 Å². The third-order valence-corrected chi connectivity index (χ3v) is 6.16. The van der Waals surface area contributed by atoms with Gasteiger partial charge in [0.15, 0.2) is 0 Å². The number of nitrogens with zero attached hydrogens (tertiary/aromatic N) is 2. The Hall–Kier alpha value is -3.00. The van der Waals surface area contributed by atoms with Gasteiger partial charge < -0.3 is 10.7 Å². The van der Waals surface area contributed by atoms with E-state index in [-0.39, 0.29) is 17.3 Å². The van der Waals surface area contributed by atoms with Crippen LogP contribution < -0.4 is 10.7 Å². The number of nitrogens with one attached hydrogen (secondary N) is 2. The molecule has 4 rings (SSSR count). The van der Waals surface area contributed by atoms with Gasteiger partial charge in [0.05, 0.1) is 28.8 Å². The van der Waals surface area contributed by atoms with E-state index >= 15 is 0 Å². The lowest BCUT2D eigenvalue weighted by Gasteiger charge is -2.15. The molecule has 2 N–H and O–H groups in total. The summed E-state index contributed by atoms with van der Waals surface area (Å²) < 4.78 is 27.9. The summed E-state index contributed by atoms with van der Waals surface area (Å²) in [5, 5.41) is 7.03. The van der Waals surface area contributed by atoms with Crippen molar-refractivity contribution < 1.29 is 13.2 Å². The van der Waals surface area contributed by atoms with Crippen LogP contribution in [0.4, 0.5) is 5.69 Å². The van der Waals surface area contributed by atoms with Crippen LogP contribution in [0.15, 0.2) is 56.9 Å². The summed E-state index contributed by atoms with van der Waals surface area (Å²) in [6.45, 7) is 3.95. The Morgan fingerprint density at radius 1 is 1.22 bits per heavy atom. The Bertz CT molecular complexity index is 1120. The highest BCUT2D eigenvalue weighted by Gasteiger charge is 2.38. The molecule has 0 atom stereocenters. The normalized spacial score (nSPS) is 18.7. The van der Waals surface area contributed by atoms with E-state index < -0.39 is 15.4 Å². The van der Waals surface area contributed by atoms with E-state index in [1.165, 1.54) is 0 Å². The first-order valence-electron chi connectivity index (χ1n) is 8.44. The summed E-state index contributed by atoms with van der Waals surface area (Å²) in [6.07, 6.45) is 1.63. The summed E-state index contributed by atoms with van der Waals surface area (Å²) in [4.78, 5) is 12.2. The van der Waals surface area contributed by atoms with Crippen molar-refractivity contribution in [2.75, 3.05) is 11.9 Å². The van der Waals surface area contributed by atoms with Crippen LogP contribution in [-0.2, 0) is 20.2 Å². The van der Waals surface area contributed by atoms with Gasteiger partial charge in [-0.3, -0.25) is 4.79 Å². The van der Waals surface area contributed by atoms with Crippen LogP contribution >= 0.6 is 0 Å². The van der Waals surface area contributed by atoms with Gasteiger partial charge in [0.25, 0.3) is 10.0 Å². The van der Waals surface area contributed by atoms with Crippen LogP contribution in [0, 0.1) is 0 Å². The van der Waals surface area contributed by atoms with Crippen molar-refractivity contribution in [1.29, 1.82) is 0 Å². The van der Waals surface area contributed by atoms with Crippen LogP contribution in [0.2, 0.25) is 0 Å². The third-order valence-electron chi connectivity index (χ3n) is 4.79. The molecule has 0 radical (unpaired) electrons. The predicted octanol–water partition coefficient (Wildman–Crippen LogP) is 2.03. The van der Waals surface area contributed by atoms with Crippen LogP contribution in [0.5, 0.6) is 0 Å². The zero-order chi connectivity index (χ0) is 19.2. The van der Waals surface area contributed by atoms with Crippen LogP contribution in [0.25, 0.3) is 0 Å². The molecule has 2 aromatic rings. The van der Waals surface area contributed by atoms with Gasteiger partial charge >= 0.3 is 0 Å². The molecule has 0 saturated heterocycles. The molecule has 0 spiro atoms. The van der Waals surface area contributed by atoms with Gasteiger partial charge in [0, 0.05) is 11.3 Å². The fourth-order valence-electron chi connectivity index (χ4n) is 3.21. The van der Waals surface area contributed by atoms with Crippen molar-refractivity contribution in [3.8, 4) is 0 Å². The van der Waals surface area contributed by atoms with Crippen molar-refractivity contribution in [2.45, 2.75) is 24.2 Å². The van der Waals surface area contributed by atoms with E-state index in [0.29, 0.717) is 11.3 Å². The number of amides is 1. The van der Waals surface area contributed by atoms with Crippen molar-refractivity contribution in [1.82, 2.24) is 5.43 Å². The predicted molar refractivity (Wildman–Crippen MR) is 104 cm³/mol. The highest BCUT2D eigenvalue weighted by molar-refractivity contribution is 7.90. The second-order valence-electron chi connectivity index (χ2n) is 6.99. The maximum atomic E-state index is 12.0. The number of sulfonamides is 1. The maximum Gasteiger partial charge on any atom is 0.283 e. The average Bonchev–Trinajstić information content (AvgIpc) is 3.02. The number of fused-ring (bicyclic) bond motifs is 2. The lowest BCUT2D eigenvalue weighted by atomic mass is 9.85. The zero-order valence-electron chi connectivity index (χ0n) is 14.9. The molecule has 138 valence electrons. The Labute approximate surface area is 157 Å². The zero-order valence-corrected chi connectivity index (χ0v) is 15.7. The van der Waals surface area contributed by atoms with Gasteiger partial charge in [-0.2, -0.15) is 17.9 Å². The van der Waals surface area contributed by atoms with Crippen molar-refractivity contribution in [2.24, 2.45) is 9.50 Å². The van der Waals surface area contributed by atoms with Crippen LogP contribution in [-0.4, -0.2) is 32.8 Å². The SMILES string of the molecule is CC1(C)C(=O)Nc2ccc(/C=N/NCC3=NS(=O)(=O)c4ccccc43)cc21. The second-order valence-corrected chi connectivity index (χ2v) is 8.56. The molecule has 0 fully saturated rings. The maximum absolute atomic E-state index is 12.0. The first-order chi connectivity index (χ1) is 12.8. The lowest BCUT2D eigenvalue weighted by molar-refractivity contribution is -0.119. The number of hydrogen-bond acceptors (Lipinski definition) is 5. The number of carbonyl (C=O) groups is 1. The number of carbonyl (C=O) groups excluding carboxylic acids is 1. The lowest BCUT2D eigenvalue weighted by Crippen LogP contribution is -2.26. The van der Waals surface area contributed by atoms with Crippen molar-refractivity contribution in [3.05, 3.63) is 59.2 Å². The molecule has 2 heterocycles. The topological polar surface area (TPSA) is 100.0 Å². The Kier molecular flexibility index (Phi) is 3.88. The monoisotopic (exact) mass is 382 g/mol. The fourth-order valence-corrected chi connectivity index (χ4v) is 4.48. The quantitative estimate of drug-likeness (QED) is 0.624. The molecule has 0 unspecified atom stereocenters. The summed E-state index contributed by atoms with van der Waals surface area (Å²) in [5.74, 6) is -0.0242. The minimum atomic E-state index is -3.61. The van der Waals surface area contributed by atoms with E-state index in [2.05, 4.69) is 20.2 Å². The number of anilines is 1. The molecule has 27 heavy (non-hydrogen) atoms. The van der Waals surface area contributed by atoms with Crippen molar-refractivity contribution in [3.63, 3.8) is 0 Å². The Balaban J connectivity index is 1.48. The fraction of sp³-hybridized carbons (Fsp3) is 0.211. The Morgan fingerprint density at radius 2 is 2.00 bits per heavy atom. The first-order valence-corrected chi connectivity index (χ1v) is 9.88. The number of benzene rings is 2. The molecule has 0 bridgehead atoms. The number of rotatable bonds is 4. The van der Waals surface area contributed by atoms with Gasteiger partial charge in [-0.25, -0.2) is 0 Å². The molecule has 0 aliphatic carbocycles. The second kappa shape index (κ2) is 6.02. The molecule has 0 saturated carbocycles. The molecule has 8 heteroatoms. The van der Waals surface area contributed by atoms with Gasteiger partial charge in [-0.1, -0.05) is 24.3 Å². The van der Waals surface area contributed by atoms with Gasteiger partial charge in [-0.05, 0) is 43.2 Å². The average molecular weight is 382 g/mol. The number of hydrogen-bond donors (Lipinski definition) is 2. The molecular weight excluding hydrogens is 364 g/mol. The third kappa shape index (κ3) is 2.91. The molecular formula is C19H18N4O3S. The van der Waals surface area contributed by atoms with Gasteiger partial charge in [0.1, 0.15) is 0 Å². The smallest absolute Gasteiger partial charge is 0.283 e. The van der Waals surface area contributed by atoms with E-state index in [1.54, 1.807) is 30.5 Å². The molecule has 2 aromatic carbocycles. The van der Waals surface area contributed by atoms with E-state index in [1.807, 2.05) is 32.0 Å². The molecule has 1 amide bonds. The van der Waals surface area contributed by atoms with Gasteiger partial charge in [-0.15, -0.1) is 0 Å². The summed E-state index contributed by atoms with van der Waals surface area (Å²) in [5.41, 5.74) is 5.89. The molecule has 2 aliphatic heterocycles. The Morgan fingerprint density at radius 3 is 2.81 bits per heavy atom. The highest BCUT2D eigenvalue weighted by Crippen LogP contribution is 2.37. The summed E-state index contributed by atoms with van der Waals surface area (Å²) >= 11 is 0. The molecule has 2 aliphatic rings. The van der Waals surface area contributed by atoms with E-state index in [9.17, 15) is 13.2 Å². The summed E-state index contributed by atoms with van der Waals surface area (Å²) in [6, 6.07) is 12.4. The number of hydrazone groups is 1. The minimum Gasteiger partial charge on any atom is -0.325 e. The van der Waals surface area contributed by atoms with E-state index in [0.717, 1.165) is 16.8 Å². The molecule has 0 aromatic heterocycles. The summed E-state index contributed by atoms with van der Waals surface area (Å²) in [7, 11) is -3.61.